The minimum Gasteiger partial charge on any atom is -0.465 e. The number of benzene rings is 2. The topological polar surface area (TPSA) is 89.5 Å². The standard InChI is InChI=1S/C20H23NO5S/c1-15-13-17(20(23)26-2)10-11-18(15)21-19(22)14-27(24,25)12-6-9-16-7-4-3-5-8-16/h3-5,7-8,10-11,13H,6,9,12,14H2,1-2H3,(H,21,22). The van der Waals surface area contributed by atoms with E-state index in [1.807, 2.05) is 30.3 Å². The number of hydrogen-bond acceptors (Lipinski definition) is 5. The van der Waals surface area contributed by atoms with E-state index < -0.39 is 27.5 Å². The Balaban J connectivity index is 1.89. The van der Waals surface area contributed by atoms with Crippen molar-refractivity contribution in [3.8, 4) is 0 Å². The molecule has 0 bridgehead atoms. The number of sulfone groups is 1. The summed E-state index contributed by atoms with van der Waals surface area (Å²) in [5, 5.41) is 2.59. The van der Waals surface area contributed by atoms with Crippen LogP contribution in [0, 0.1) is 6.92 Å². The number of aryl methyl sites for hydroxylation is 2. The van der Waals surface area contributed by atoms with Crippen LogP contribution in [0.4, 0.5) is 5.69 Å². The van der Waals surface area contributed by atoms with Gasteiger partial charge >= 0.3 is 5.97 Å². The molecule has 0 fully saturated rings. The second-order valence-corrected chi connectivity index (χ2v) is 8.43. The van der Waals surface area contributed by atoms with Gasteiger partial charge in [-0.3, -0.25) is 4.79 Å². The van der Waals surface area contributed by atoms with Gasteiger partial charge in [-0.2, -0.15) is 0 Å². The highest BCUT2D eigenvalue weighted by Gasteiger charge is 2.17. The lowest BCUT2D eigenvalue weighted by molar-refractivity contribution is -0.113. The van der Waals surface area contributed by atoms with Gasteiger partial charge in [0.1, 0.15) is 5.75 Å². The molecule has 27 heavy (non-hydrogen) atoms. The minimum atomic E-state index is -3.50. The van der Waals surface area contributed by atoms with E-state index in [2.05, 4.69) is 10.1 Å². The molecule has 0 unspecified atom stereocenters. The zero-order valence-corrected chi connectivity index (χ0v) is 16.2. The van der Waals surface area contributed by atoms with E-state index in [1.165, 1.54) is 13.2 Å². The molecule has 2 rings (SSSR count). The van der Waals surface area contributed by atoms with Gasteiger partial charge in [-0.25, -0.2) is 13.2 Å². The maximum Gasteiger partial charge on any atom is 0.337 e. The lowest BCUT2D eigenvalue weighted by Crippen LogP contribution is -2.25. The highest BCUT2D eigenvalue weighted by molar-refractivity contribution is 7.92. The SMILES string of the molecule is COC(=O)c1ccc(NC(=O)CS(=O)(=O)CCCc2ccccc2)c(C)c1. The van der Waals surface area contributed by atoms with Gasteiger partial charge in [-0.1, -0.05) is 30.3 Å². The summed E-state index contributed by atoms with van der Waals surface area (Å²) in [7, 11) is -2.21. The Morgan fingerprint density at radius 1 is 1.07 bits per heavy atom. The molecule has 7 heteroatoms. The Morgan fingerprint density at radius 3 is 2.41 bits per heavy atom. The van der Waals surface area contributed by atoms with Crippen molar-refractivity contribution in [2.75, 3.05) is 23.9 Å². The Hall–Kier alpha value is -2.67. The fourth-order valence-electron chi connectivity index (χ4n) is 2.65. The normalized spacial score (nSPS) is 11.0. The first kappa shape index (κ1) is 20.6. The molecule has 0 saturated heterocycles. The maximum atomic E-state index is 12.2. The van der Waals surface area contributed by atoms with Crippen molar-refractivity contribution in [2.24, 2.45) is 0 Å². The lowest BCUT2D eigenvalue weighted by Gasteiger charge is -2.10. The number of carbonyl (C=O) groups is 2. The Bertz CT molecular complexity index is 907. The fourth-order valence-corrected chi connectivity index (χ4v) is 3.85. The molecule has 0 heterocycles. The van der Waals surface area contributed by atoms with Gasteiger partial charge in [0.2, 0.25) is 5.91 Å². The number of carbonyl (C=O) groups excluding carboxylic acids is 2. The summed E-state index contributed by atoms with van der Waals surface area (Å²) >= 11 is 0. The van der Waals surface area contributed by atoms with Crippen LogP contribution in [0.3, 0.4) is 0 Å². The van der Waals surface area contributed by atoms with Gasteiger partial charge in [0.25, 0.3) is 0 Å². The molecular formula is C20H23NO5S. The Kier molecular flexibility index (Phi) is 7.12. The van der Waals surface area contributed by atoms with Crippen LogP contribution >= 0.6 is 0 Å². The molecule has 0 spiro atoms. The van der Waals surface area contributed by atoms with Crippen molar-refractivity contribution < 1.29 is 22.7 Å². The molecule has 6 nitrogen and oxygen atoms in total. The van der Waals surface area contributed by atoms with Gasteiger partial charge in [-0.15, -0.1) is 0 Å². The fraction of sp³-hybridized carbons (Fsp3) is 0.300. The van der Waals surface area contributed by atoms with Crippen LogP contribution in [0.25, 0.3) is 0 Å². The number of nitrogens with one attached hydrogen (secondary N) is 1. The minimum absolute atomic E-state index is 0.0461. The Labute approximate surface area is 159 Å². The van der Waals surface area contributed by atoms with Crippen molar-refractivity contribution in [1.29, 1.82) is 0 Å². The molecule has 0 aliphatic carbocycles. The van der Waals surface area contributed by atoms with Crippen molar-refractivity contribution >= 4 is 27.4 Å². The van der Waals surface area contributed by atoms with Gasteiger partial charge in [0, 0.05) is 5.69 Å². The average Bonchev–Trinajstić information content (AvgIpc) is 2.63. The molecule has 0 aliphatic heterocycles. The first-order chi connectivity index (χ1) is 12.8. The maximum absolute atomic E-state index is 12.2. The largest absolute Gasteiger partial charge is 0.465 e. The van der Waals surface area contributed by atoms with Crippen LogP contribution in [-0.2, 0) is 25.8 Å². The quantitative estimate of drug-likeness (QED) is 0.701. The Morgan fingerprint density at radius 2 is 1.78 bits per heavy atom. The smallest absolute Gasteiger partial charge is 0.337 e. The van der Waals surface area contributed by atoms with Crippen LogP contribution in [0.5, 0.6) is 0 Å². The second kappa shape index (κ2) is 9.32. The van der Waals surface area contributed by atoms with E-state index in [1.54, 1.807) is 19.1 Å². The van der Waals surface area contributed by atoms with E-state index in [4.69, 9.17) is 0 Å². The summed E-state index contributed by atoms with van der Waals surface area (Å²) in [5.74, 6) is -1.68. The van der Waals surface area contributed by atoms with Crippen LogP contribution in [0.2, 0.25) is 0 Å². The summed E-state index contributed by atoms with van der Waals surface area (Å²) in [6.45, 7) is 1.72. The van der Waals surface area contributed by atoms with Crippen LogP contribution < -0.4 is 5.32 Å². The molecule has 0 aromatic heterocycles. The first-order valence-electron chi connectivity index (χ1n) is 8.54. The number of methoxy groups -OCH3 is 1. The molecule has 0 saturated carbocycles. The third kappa shape index (κ3) is 6.53. The third-order valence-electron chi connectivity index (χ3n) is 4.04. The van der Waals surface area contributed by atoms with Crippen molar-refractivity contribution in [2.45, 2.75) is 19.8 Å². The van der Waals surface area contributed by atoms with E-state index in [9.17, 15) is 18.0 Å². The zero-order chi connectivity index (χ0) is 19.9. The monoisotopic (exact) mass is 389 g/mol. The van der Waals surface area contributed by atoms with Gasteiger partial charge in [0.05, 0.1) is 18.4 Å². The third-order valence-corrected chi connectivity index (χ3v) is 5.65. The summed E-state index contributed by atoms with van der Waals surface area (Å²) in [5.41, 5.74) is 2.54. The number of rotatable bonds is 8. The van der Waals surface area contributed by atoms with Crippen LogP contribution in [0.15, 0.2) is 48.5 Å². The van der Waals surface area contributed by atoms with Gasteiger partial charge < -0.3 is 10.1 Å². The molecule has 1 N–H and O–H groups in total. The molecule has 2 aromatic carbocycles. The predicted molar refractivity (Wildman–Crippen MR) is 105 cm³/mol. The van der Waals surface area contributed by atoms with Crippen molar-refractivity contribution in [3.63, 3.8) is 0 Å². The van der Waals surface area contributed by atoms with Gasteiger partial charge in [-0.05, 0) is 49.1 Å². The summed E-state index contributed by atoms with van der Waals surface area (Å²) in [4.78, 5) is 23.6. The summed E-state index contributed by atoms with van der Waals surface area (Å²) < 4.78 is 29.0. The molecule has 0 aliphatic rings. The molecule has 2 aromatic rings. The van der Waals surface area contributed by atoms with E-state index in [-0.39, 0.29) is 5.75 Å². The van der Waals surface area contributed by atoms with E-state index >= 15 is 0 Å². The number of anilines is 1. The van der Waals surface area contributed by atoms with E-state index in [0.717, 1.165) is 5.56 Å². The number of amides is 1. The van der Waals surface area contributed by atoms with E-state index in [0.29, 0.717) is 29.7 Å². The molecule has 0 radical (unpaired) electrons. The molecule has 144 valence electrons. The summed E-state index contributed by atoms with van der Waals surface area (Å²) in [6, 6.07) is 14.3. The van der Waals surface area contributed by atoms with Crippen LogP contribution in [0.1, 0.15) is 27.9 Å². The number of esters is 1. The van der Waals surface area contributed by atoms with Crippen molar-refractivity contribution in [1.82, 2.24) is 0 Å². The van der Waals surface area contributed by atoms with Crippen molar-refractivity contribution in [3.05, 3.63) is 65.2 Å². The first-order valence-corrected chi connectivity index (χ1v) is 10.4. The molecule has 0 atom stereocenters. The molecule has 1 amide bonds. The predicted octanol–water partition coefficient (Wildman–Crippen LogP) is 2.77. The van der Waals surface area contributed by atoms with Crippen LogP contribution in [-0.4, -0.2) is 38.9 Å². The zero-order valence-electron chi connectivity index (χ0n) is 15.4. The lowest BCUT2D eigenvalue weighted by atomic mass is 10.1. The number of ether oxygens (including phenoxy) is 1. The second-order valence-electron chi connectivity index (χ2n) is 6.25. The molecular weight excluding hydrogens is 366 g/mol. The highest BCUT2D eigenvalue weighted by atomic mass is 32.2. The average molecular weight is 389 g/mol. The highest BCUT2D eigenvalue weighted by Crippen LogP contribution is 2.17. The number of hydrogen-bond donors (Lipinski definition) is 1. The van der Waals surface area contributed by atoms with Gasteiger partial charge in [0.15, 0.2) is 9.84 Å². The summed E-state index contributed by atoms with van der Waals surface area (Å²) in [6.07, 6.45) is 1.11.